The summed E-state index contributed by atoms with van der Waals surface area (Å²) in [5, 5.41) is 2.81. The summed E-state index contributed by atoms with van der Waals surface area (Å²) in [4.78, 5) is 25.9. The Bertz CT molecular complexity index is 742. The summed E-state index contributed by atoms with van der Waals surface area (Å²) < 4.78 is 6.29. The van der Waals surface area contributed by atoms with Gasteiger partial charge in [0.05, 0.1) is 12.2 Å². The summed E-state index contributed by atoms with van der Waals surface area (Å²) in [6.07, 6.45) is 0. The lowest BCUT2D eigenvalue weighted by molar-refractivity contribution is 0.0827. The number of ether oxygens (including phenoxy) is 1. The first-order valence-electron chi connectivity index (χ1n) is 7.47. The lowest BCUT2D eigenvalue weighted by atomic mass is 10.1. The van der Waals surface area contributed by atoms with E-state index < -0.39 is 0 Å². The summed E-state index contributed by atoms with van der Waals surface area (Å²) in [6, 6.07) is 12.1. The Kier molecular flexibility index (Phi) is 5.98. The van der Waals surface area contributed by atoms with E-state index >= 15 is 0 Å². The minimum Gasteiger partial charge on any atom is -0.493 e. The zero-order chi connectivity index (χ0) is 17.7. The minimum atomic E-state index is -0.272. The van der Waals surface area contributed by atoms with Crippen LogP contribution in [0.15, 0.2) is 46.9 Å². The topological polar surface area (TPSA) is 58.6 Å². The molecule has 0 spiro atoms. The average Bonchev–Trinajstić information content (AvgIpc) is 2.56. The third-order valence-corrected chi connectivity index (χ3v) is 3.78. The van der Waals surface area contributed by atoms with E-state index in [1.54, 1.807) is 50.5 Å². The number of carbonyl (C=O) groups is 2. The fraction of sp³-hybridized carbons (Fsp3) is 0.222. The molecule has 2 amide bonds. The van der Waals surface area contributed by atoms with Gasteiger partial charge in [-0.2, -0.15) is 0 Å². The van der Waals surface area contributed by atoms with Crippen LogP contribution in [0.1, 0.15) is 27.6 Å². The van der Waals surface area contributed by atoms with Crippen LogP contribution >= 0.6 is 15.9 Å². The summed E-state index contributed by atoms with van der Waals surface area (Å²) in [7, 11) is 3.39. The maximum atomic E-state index is 12.5. The highest BCUT2D eigenvalue weighted by atomic mass is 79.9. The van der Waals surface area contributed by atoms with Crippen LogP contribution in [0, 0.1) is 0 Å². The number of halogens is 1. The summed E-state index contributed by atoms with van der Waals surface area (Å²) >= 11 is 3.36. The van der Waals surface area contributed by atoms with Gasteiger partial charge in [-0.1, -0.05) is 15.9 Å². The maximum Gasteiger partial charge on any atom is 0.259 e. The SMILES string of the molecule is CCOc1ccc(Br)cc1C(=O)Nc1ccc(C(=O)N(C)C)cc1. The van der Waals surface area contributed by atoms with Crippen LogP contribution in [0.2, 0.25) is 0 Å². The number of anilines is 1. The van der Waals surface area contributed by atoms with Crippen LogP contribution < -0.4 is 10.1 Å². The van der Waals surface area contributed by atoms with Gasteiger partial charge in [0.2, 0.25) is 0 Å². The largest absolute Gasteiger partial charge is 0.493 e. The van der Waals surface area contributed by atoms with E-state index in [1.165, 1.54) is 4.90 Å². The number of hydrogen-bond acceptors (Lipinski definition) is 3. The number of nitrogens with zero attached hydrogens (tertiary/aromatic N) is 1. The molecule has 24 heavy (non-hydrogen) atoms. The molecule has 1 N–H and O–H groups in total. The number of amides is 2. The molecule has 2 aromatic rings. The number of rotatable bonds is 5. The van der Waals surface area contributed by atoms with Crippen LogP contribution in [0.25, 0.3) is 0 Å². The van der Waals surface area contributed by atoms with Crippen molar-refractivity contribution in [2.75, 3.05) is 26.0 Å². The minimum absolute atomic E-state index is 0.0847. The van der Waals surface area contributed by atoms with Gasteiger partial charge >= 0.3 is 0 Å². The zero-order valence-corrected chi connectivity index (χ0v) is 15.4. The van der Waals surface area contributed by atoms with Crippen molar-refractivity contribution >= 4 is 33.4 Å². The summed E-state index contributed by atoms with van der Waals surface area (Å²) in [5.74, 6) is 0.169. The van der Waals surface area contributed by atoms with Gasteiger partial charge < -0.3 is 15.0 Å². The highest BCUT2D eigenvalue weighted by molar-refractivity contribution is 9.10. The van der Waals surface area contributed by atoms with Crippen molar-refractivity contribution in [3.8, 4) is 5.75 Å². The molecular weight excluding hydrogens is 372 g/mol. The molecule has 0 saturated heterocycles. The van der Waals surface area contributed by atoms with E-state index in [-0.39, 0.29) is 11.8 Å². The van der Waals surface area contributed by atoms with Crippen LogP contribution in [-0.4, -0.2) is 37.4 Å². The van der Waals surface area contributed by atoms with Gasteiger partial charge in [-0.05, 0) is 49.4 Å². The molecule has 0 radical (unpaired) electrons. The summed E-state index contributed by atoms with van der Waals surface area (Å²) in [5.41, 5.74) is 1.62. The van der Waals surface area contributed by atoms with Crippen molar-refractivity contribution < 1.29 is 14.3 Å². The van der Waals surface area contributed by atoms with E-state index in [4.69, 9.17) is 4.74 Å². The third-order valence-electron chi connectivity index (χ3n) is 3.28. The highest BCUT2D eigenvalue weighted by Crippen LogP contribution is 2.24. The van der Waals surface area contributed by atoms with E-state index in [2.05, 4.69) is 21.2 Å². The van der Waals surface area contributed by atoms with Gasteiger partial charge in [0.25, 0.3) is 11.8 Å². The molecule has 2 rings (SSSR count). The van der Waals surface area contributed by atoms with E-state index in [9.17, 15) is 9.59 Å². The fourth-order valence-corrected chi connectivity index (χ4v) is 2.47. The smallest absolute Gasteiger partial charge is 0.259 e. The Balaban J connectivity index is 2.18. The fourth-order valence-electron chi connectivity index (χ4n) is 2.11. The molecule has 0 aromatic heterocycles. The second kappa shape index (κ2) is 7.97. The molecule has 0 fully saturated rings. The molecule has 2 aromatic carbocycles. The molecule has 5 nitrogen and oxygen atoms in total. The molecular formula is C18H19BrN2O3. The molecule has 0 bridgehead atoms. The first-order valence-corrected chi connectivity index (χ1v) is 8.27. The predicted molar refractivity (Wildman–Crippen MR) is 97.7 cm³/mol. The summed E-state index contributed by atoms with van der Waals surface area (Å²) in [6.45, 7) is 2.34. The third kappa shape index (κ3) is 4.35. The molecule has 0 aliphatic heterocycles. The van der Waals surface area contributed by atoms with Crippen LogP contribution in [-0.2, 0) is 0 Å². The molecule has 0 aliphatic rings. The molecule has 0 saturated carbocycles. The van der Waals surface area contributed by atoms with Crippen molar-refractivity contribution in [3.63, 3.8) is 0 Å². The second-order valence-corrected chi connectivity index (χ2v) is 6.22. The van der Waals surface area contributed by atoms with Gasteiger partial charge in [-0.15, -0.1) is 0 Å². The Morgan fingerprint density at radius 1 is 1.12 bits per heavy atom. The normalized spacial score (nSPS) is 10.2. The molecule has 0 atom stereocenters. The Morgan fingerprint density at radius 3 is 2.38 bits per heavy atom. The molecule has 6 heteroatoms. The molecule has 126 valence electrons. The molecule has 0 heterocycles. The van der Waals surface area contributed by atoms with Crippen molar-refractivity contribution in [1.82, 2.24) is 4.90 Å². The van der Waals surface area contributed by atoms with Crippen LogP contribution in [0.5, 0.6) is 5.75 Å². The maximum absolute atomic E-state index is 12.5. The van der Waals surface area contributed by atoms with Gasteiger partial charge in [0, 0.05) is 29.8 Å². The number of benzene rings is 2. The Morgan fingerprint density at radius 2 is 1.79 bits per heavy atom. The van der Waals surface area contributed by atoms with Gasteiger partial charge in [-0.25, -0.2) is 0 Å². The monoisotopic (exact) mass is 390 g/mol. The first-order chi connectivity index (χ1) is 11.4. The predicted octanol–water partition coefficient (Wildman–Crippen LogP) is 3.80. The quantitative estimate of drug-likeness (QED) is 0.844. The second-order valence-electron chi connectivity index (χ2n) is 5.30. The van der Waals surface area contributed by atoms with Crippen LogP contribution in [0.4, 0.5) is 5.69 Å². The van der Waals surface area contributed by atoms with E-state index in [0.717, 1.165) is 4.47 Å². The van der Waals surface area contributed by atoms with E-state index in [1.807, 2.05) is 13.0 Å². The lowest BCUT2D eigenvalue weighted by Gasteiger charge is -2.12. The van der Waals surface area contributed by atoms with E-state index in [0.29, 0.717) is 29.2 Å². The van der Waals surface area contributed by atoms with Crippen molar-refractivity contribution in [2.45, 2.75) is 6.92 Å². The molecule has 0 unspecified atom stereocenters. The zero-order valence-electron chi connectivity index (χ0n) is 13.8. The van der Waals surface area contributed by atoms with Crippen molar-refractivity contribution in [1.29, 1.82) is 0 Å². The van der Waals surface area contributed by atoms with Crippen LogP contribution in [0.3, 0.4) is 0 Å². The first kappa shape index (κ1) is 18.0. The van der Waals surface area contributed by atoms with Gasteiger partial charge in [0.1, 0.15) is 5.75 Å². The van der Waals surface area contributed by atoms with Crippen molar-refractivity contribution in [2.24, 2.45) is 0 Å². The molecule has 0 aliphatic carbocycles. The van der Waals surface area contributed by atoms with Crippen molar-refractivity contribution in [3.05, 3.63) is 58.1 Å². The number of nitrogens with one attached hydrogen (secondary N) is 1. The Labute approximate surface area is 149 Å². The number of hydrogen-bond donors (Lipinski definition) is 1. The highest BCUT2D eigenvalue weighted by Gasteiger charge is 2.14. The van der Waals surface area contributed by atoms with Gasteiger partial charge in [0.15, 0.2) is 0 Å². The lowest BCUT2D eigenvalue weighted by Crippen LogP contribution is -2.21. The van der Waals surface area contributed by atoms with Gasteiger partial charge in [-0.3, -0.25) is 9.59 Å². The standard InChI is InChI=1S/C18H19BrN2O3/c1-4-24-16-10-7-13(19)11-15(16)17(22)20-14-8-5-12(6-9-14)18(23)21(2)3/h5-11H,4H2,1-3H3,(H,20,22). The number of carbonyl (C=O) groups excluding carboxylic acids is 2. The average molecular weight is 391 g/mol. The Hall–Kier alpha value is -2.34.